The maximum atomic E-state index is 12.2. The molecule has 0 spiro atoms. The summed E-state index contributed by atoms with van der Waals surface area (Å²) in [6.07, 6.45) is 4.18. The van der Waals surface area contributed by atoms with Crippen molar-refractivity contribution in [1.82, 2.24) is 10.0 Å². The molecule has 1 fully saturated rings. The third kappa shape index (κ3) is 4.60. The first-order valence-corrected chi connectivity index (χ1v) is 9.64. The van der Waals surface area contributed by atoms with E-state index in [1.807, 2.05) is 13.3 Å². The number of hydrogen-bond donors (Lipinski definition) is 2. The van der Waals surface area contributed by atoms with Crippen molar-refractivity contribution >= 4 is 21.8 Å². The molecular weight excluding hydrogens is 308 g/mol. The number of hydrogen-bond acceptors (Lipinski definition) is 5. The van der Waals surface area contributed by atoms with E-state index < -0.39 is 10.0 Å². The van der Waals surface area contributed by atoms with E-state index in [4.69, 9.17) is 4.74 Å². The number of sulfonamides is 1. The zero-order valence-corrected chi connectivity index (χ0v) is 14.0. The Morgan fingerprint density at radius 2 is 1.95 bits per heavy atom. The van der Waals surface area contributed by atoms with E-state index in [1.54, 1.807) is 36.0 Å². The summed E-state index contributed by atoms with van der Waals surface area (Å²) in [5.74, 6) is 0.673. The highest BCUT2D eigenvalue weighted by atomic mass is 32.2. The van der Waals surface area contributed by atoms with Gasteiger partial charge < -0.3 is 10.1 Å². The Labute approximate surface area is 130 Å². The van der Waals surface area contributed by atoms with Crippen molar-refractivity contribution in [3.05, 3.63) is 24.3 Å². The Morgan fingerprint density at radius 1 is 1.29 bits per heavy atom. The molecule has 5 nitrogen and oxygen atoms in total. The van der Waals surface area contributed by atoms with Gasteiger partial charge in [-0.05, 0) is 50.4 Å². The smallest absolute Gasteiger partial charge is 0.240 e. The maximum Gasteiger partial charge on any atom is 0.240 e. The fourth-order valence-corrected chi connectivity index (χ4v) is 3.83. The van der Waals surface area contributed by atoms with Crippen LogP contribution in [0.1, 0.15) is 12.8 Å². The first-order valence-electron chi connectivity index (χ1n) is 6.94. The van der Waals surface area contributed by atoms with Gasteiger partial charge in [-0.1, -0.05) is 0 Å². The summed E-state index contributed by atoms with van der Waals surface area (Å²) in [7, 11) is -1.58. The van der Waals surface area contributed by atoms with Gasteiger partial charge in [0.2, 0.25) is 10.0 Å². The summed E-state index contributed by atoms with van der Waals surface area (Å²) in [6, 6.07) is 6.53. The predicted molar refractivity (Wildman–Crippen MR) is 86.5 cm³/mol. The van der Waals surface area contributed by atoms with Crippen LogP contribution in [-0.4, -0.2) is 46.2 Å². The van der Waals surface area contributed by atoms with Crippen molar-refractivity contribution < 1.29 is 13.2 Å². The lowest BCUT2D eigenvalue weighted by Crippen LogP contribution is -2.31. The third-order valence-electron chi connectivity index (χ3n) is 3.58. The molecule has 1 aromatic carbocycles. The van der Waals surface area contributed by atoms with Gasteiger partial charge in [0.1, 0.15) is 12.4 Å². The van der Waals surface area contributed by atoms with Crippen LogP contribution in [0.2, 0.25) is 0 Å². The molecule has 21 heavy (non-hydrogen) atoms. The second kappa shape index (κ2) is 7.00. The molecule has 1 saturated carbocycles. The fourth-order valence-electron chi connectivity index (χ4n) is 1.89. The van der Waals surface area contributed by atoms with Crippen molar-refractivity contribution in [2.75, 3.05) is 33.0 Å². The van der Waals surface area contributed by atoms with E-state index in [2.05, 4.69) is 10.0 Å². The van der Waals surface area contributed by atoms with Crippen molar-refractivity contribution in [2.24, 2.45) is 0 Å². The molecule has 2 rings (SSSR count). The summed E-state index contributed by atoms with van der Waals surface area (Å²) in [5.41, 5.74) is 0. The molecule has 0 atom stereocenters. The van der Waals surface area contributed by atoms with Crippen molar-refractivity contribution in [3.8, 4) is 5.75 Å². The highest BCUT2D eigenvalue weighted by Crippen LogP contribution is 2.46. The quantitative estimate of drug-likeness (QED) is 0.671. The minimum absolute atomic E-state index is 0.114. The van der Waals surface area contributed by atoms with Crippen LogP contribution in [0.4, 0.5) is 0 Å². The molecule has 0 saturated heterocycles. The molecule has 0 radical (unpaired) electrons. The van der Waals surface area contributed by atoms with Gasteiger partial charge in [-0.25, -0.2) is 13.1 Å². The average Bonchev–Trinajstić information content (AvgIpc) is 3.27. The van der Waals surface area contributed by atoms with Gasteiger partial charge in [-0.15, -0.1) is 0 Å². The number of benzene rings is 1. The Bertz CT molecular complexity index is 554. The second-order valence-corrected chi connectivity index (χ2v) is 8.18. The van der Waals surface area contributed by atoms with Gasteiger partial charge in [0.15, 0.2) is 0 Å². The molecule has 2 N–H and O–H groups in total. The van der Waals surface area contributed by atoms with Crippen LogP contribution >= 0.6 is 11.8 Å². The van der Waals surface area contributed by atoms with Crippen LogP contribution < -0.4 is 14.8 Å². The topological polar surface area (TPSA) is 67.4 Å². The standard InChI is InChI=1S/C14H22N2O3S2/c1-15-9-10-19-12-3-5-13(6-4-12)21(17,18)16-11-14(20-2)7-8-14/h3-6,15-16H,7-11H2,1-2H3. The first kappa shape index (κ1) is 16.6. The van der Waals surface area contributed by atoms with E-state index in [-0.39, 0.29) is 9.64 Å². The molecule has 0 aromatic heterocycles. The monoisotopic (exact) mass is 330 g/mol. The number of likely N-dealkylation sites (N-methyl/N-ethyl adjacent to an activating group) is 1. The lowest BCUT2D eigenvalue weighted by Gasteiger charge is -2.13. The second-order valence-electron chi connectivity index (χ2n) is 5.14. The summed E-state index contributed by atoms with van der Waals surface area (Å²) in [6.45, 7) is 1.80. The number of rotatable bonds is 9. The molecule has 1 aliphatic rings. The maximum absolute atomic E-state index is 12.2. The highest BCUT2D eigenvalue weighted by molar-refractivity contribution is 8.00. The Hall–Kier alpha value is -0.760. The van der Waals surface area contributed by atoms with Crippen molar-refractivity contribution in [1.29, 1.82) is 0 Å². The summed E-state index contributed by atoms with van der Waals surface area (Å²) in [5, 5.41) is 2.98. The Morgan fingerprint density at radius 3 is 2.48 bits per heavy atom. The molecule has 7 heteroatoms. The van der Waals surface area contributed by atoms with Gasteiger partial charge in [-0.3, -0.25) is 0 Å². The molecular formula is C14H22N2O3S2. The SMILES string of the molecule is CNCCOc1ccc(S(=O)(=O)NCC2(SC)CC2)cc1. The van der Waals surface area contributed by atoms with Crippen LogP contribution in [0.5, 0.6) is 5.75 Å². The van der Waals surface area contributed by atoms with Gasteiger partial charge in [0, 0.05) is 17.8 Å². The average molecular weight is 330 g/mol. The summed E-state index contributed by atoms with van der Waals surface area (Å²) in [4.78, 5) is 0.278. The van der Waals surface area contributed by atoms with E-state index in [9.17, 15) is 8.42 Å². The highest BCUT2D eigenvalue weighted by Gasteiger charge is 2.42. The van der Waals surface area contributed by atoms with E-state index >= 15 is 0 Å². The zero-order chi connectivity index (χ0) is 15.3. The van der Waals surface area contributed by atoms with Crippen LogP contribution in [0.15, 0.2) is 29.2 Å². The van der Waals surface area contributed by atoms with Crippen molar-refractivity contribution in [2.45, 2.75) is 22.5 Å². The Balaban J connectivity index is 1.93. The van der Waals surface area contributed by atoms with Gasteiger partial charge in [-0.2, -0.15) is 11.8 Å². The third-order valence-corrected chi connectivity index (χ3v) is 6.42. The van der Waals surface area contributed by atoms with Crippen LogP contribution in [0.3, 0.4) is 0 Å². The number of ether oxygens (including phenoxy) is 1. The molecule has 118 valence electrons. The molecule has 0 bridgehead atoms. The lowest BCUT2D eigenvalue weighted by atomic mass is 10.3. The molecule has 0 aliphatic heterocycles. The Kier molecular flexibility index (Phi) is 5.54. The zero-order valence-electron chi connectivity index (χ0n) is 12.4. The lowest BCUT2D eigenvalue weighted by molar-refractivity contribution is 0.318. The molecule has 1 aromatic rings. The van der Waals surface area contributed by atoms with E-state index in [0.717, 1.165) is 19.4 Å². The van der Waals surface area contributed by atoms with Crippen molar-refractivity contribution in [3.63, 3.8) is 0 Å². The minimum Gasteiger partial charge on any atom is -0.492 e. The predicted octanol–water partition coefficient (Wildman–Crippen LogP) is 1.46. The fraction of sp³-hybridized carbons (Fsp3) is 0.571. The van der Waals surface area contributed by atoms with Gasteiger partial charge >= 0.3 is 0 Å². The summed E-state index contributed by atoms with van der Waals surface area (Å²) < 4.78 is 32.7. The van der Waals surface area contributed by atoms with Crippen LogP contribution in [-0.2, 0) is 10.0 Å². The molecule has 1 aliphatic carbocycles. The normalized spacial score (nSPS) is 16.7. The van der Waals surface area contributed by atoms with E-state index in [1.165, 1.54) is 0 Å². The minimum atomic E-state index is -3.44. The first-order chi connectivity index (χ1) is 10.0. The van der Waals surface area contributed by atoms with E-state index in [0.29, 0.717) is 18.9 Å². The van der Waals surface area contributed by atoms with Crippen LogP contribution in [0.25, 0.3) is 0 Å². The van der Waals surface area contributed by atoms with Gasteiger partial charge in [0.25, 0.3) is 0 Å². The largest absolute Gasteiger partial charge is 0.492 e. The number of nitrogens with one attached hydrogen (secondary N) is 2. The molecule has 0 unspecified atom stereocenters. The van der Waals surface area contributed by atoms with Crippen LogP contribution in [0, 0.1) is 0 Å². The molecule has 0 amide bonds. The van der Waals surface area contributed by atoms with Gasteiger partial charge in [0.05, 0.1) is 4.90 Å². The number of thioether (sulfide) groups is 1. The summed E-state index contributed by atoms with van der Waals surface area (Å²) >= 11 is 1.73. The molecule has 0 heterocycles.